The Kier molecular flexibility index (Phi) is 3.96. The number of hydrogen-bond acceptors (Lipinski definition) is 1. The molecule has 0 saturated heterocycles. The molecule has 0 amide bonds. The fourth-order valence-electron chi connectivity index (χ4n) is 3.08. The van der Waals surface area contributed by atoms with E-state index >= 15 is 0 Å². The van der Waals surface area contributed by atoms with Gasteiger partial charge in [0, 0.05) is 6.04 Å². The van der Waals surface area contributed by atoms with Crippen molar-refractivity contribution >= 4 is 5.69 Å². The topological polar surface area (TPSA) is 12.0 Å². The van der Waals surface area contributed by atoms with E-state index in [-0.39, 0.29) is 11.9 Å². The molecule has 0 fully saturated rings. The molecule has 0 aromatic heterocycles. The van der Waals surface area contributed by atoms with Crippen LogP contribution < -0.4 is 5.32 Å². The zero-order chi connectivity index (χ0) is 14.8. The first-order valence-corrected chi connectivity index (χ1v) is 7.78. The molecule has 1 aliphatic carbocycles. The number of benzene rings is 2. The largest absolute Gasteiger partial charge is 0.376 e. The number of fused-ring (bicyclic) bond motifs is 1. The Morgan fingerprint density at radius 3 is 2.52 bits per heavy atom. The summed E-state index contributed by atoms with van der Waals surface area (Å²) in [4.78, 5) is 0. The van der Waals surface area contributed by atoms with Crippen LogP contribution in [0, 0.1) is 12.7 Å². The standard InChI is InChI=1S/C19H22FN/c1-13-7-10-19(18(20)11-13)21-14(2)16-9-8-15-5-3-4-6-17(15)12-16/h7-12,14,21H,3-6H2,1-2H3. The van der Waals surface area contributed by atoms with Gasteiger partial charge in [-0.15, -0.1) is 0 Å². The third-order valence-corrected chi connectivity index (χ3v) is 4.37. The van der Waals surface area contributed by atoms with Crippen molar-refractivity contribution in [1.82, 2.24) is 0 Å². The van der Waals surface area contributed by atoms with Gasteiger partial charge in [-0.05, 0) is 73.9 Å². The van der Waals surface area contributed by atoms with Crippen LogP contribution >= 0.6 is 0 Å². The van der Waals surface area contributed by atoms with Crippen molar-refractivity contribution in [3.8, 4) is 0 Å². The normalized spacial score (nSPS) is 15.4. The number of rotatable bonds is 3. The van der Waals surface area contributed by atoms with Crippen LogP contribution in [0.1, 0.15) is 48.1 Å². The van der Waals surface area contributed by atoms with Crippen molar-refractivity contribution < 1.29 is 4.39 Å². The third-order valence-electron chi connectivity index (χ3n) is 4.37. The lowest BCUT2D eigenvalue weighted by Gasteiger charge is -2.21. The summed E-state index contributed by atoms with van der Waals surface area (Å²) in [7, 11) is 0. The molecule has 0 saturated carbocycles. The van der Waals surface area contributed by atoms with E-state index in [2.05, 4.69) is 30.4 Å². The second kappa shape index (κ2) is 5.88. The van der Waals surface area contributed by atoms with E-state index in [0.717, 1.165) is 5.56 Å². The minimum Gasteiger partial charge on any atom is -0.376 e. The highest BCUT2D eigenvalue weighted by molar-refractivity contribution is 5.48. The first-order valence-electron chi connectivity index (χ1n) is 7.78. The summed E-state index contributed by atoms with van der Waals surface area (Å²) in [6.07, 6.45) is 4.96. The van der Waals surface area contributed by atoms with Crippen molar-refractivity contribution in [3.63, 3.8) is 0 Å². The minimum atomic E-state index is -0.181. The minimum absolute atomic E-state index is 0.106. The molecule has 2 aromatic carbocycles. The van der Waals surface area contributed by atoms with Crippen LogP contribution in [0.3, 0.4) is 0 Å². The van der Waals surface area contributed by atoms with Crippen LogP contribution in [0.5, 0.6) is 0 Å². The average Bonchev–Trinajstić information content (AvgIpc) is 2.49. The second-order valence-electron chi connectivity index (χ2n) is 6.08. The molecule has 1 N–H and O–H groups in total. The molecular weight excluding hydrogens is 261 g/mol. The lowest BCUT2D eigenvalue weighted by Crippen LogP contribution is -2.10. The lowest BCUT2D eigenvalue weighted by molar-refractivity contribution is 0.626. The number of hydrogen-bond donors (Lipinski definition) is 1. The van der Waals surface area contributed by atoms with Gasteiger partial charge in [-0.25, -0.2) is 4.39 Å². The Balaban J connectivity index is 1.80. The zero-order valence-corrected chi connectivity index (χ0v) is 12.7. The molecule has 0 bridgehead atoms. The molecule has 1 unspecified atom stereocenters. The van der Waals surface area contributed by atoms with E-state index in [1.165, 1.54) is 42.4 Å². The van der Waals surface area contributed by atoms with Gasteiger partial charge in [-0.3, -0.25) is 0 Å². The summed E-state index contributed by atoms with van der Waals surface area (Å²) in [5.41, 5.74) is 5.71. The molecule has 0 heterocycles. The molecule has 0 spiro atoms. The van der Waals surface area contributed by atoms with Crippen LogP contribution in [0.4, 0.5) is 10.1 Å². The van der Waals surface area contributed by atoms with Crippen molar-refractivity contribution in [1.29, 1.82) is 0 Å². The molecule has 2 heteroatoms. The summed E-state index contributed by atoms with van der Waals surface area (Å²) in [5.74, 6) is -0.181. The maximum Gasteiger partial charge on any atom is 0.146 e. The van der Waals surface area contributed by atoms with E-state index in [4.69, 9.17) is 0 Å². The van der Waals surface area contributed by atoms with Crippen LogP contribution in [0.15, 0.2) is 36.4 Å². The molecular formula is C19H22FN. The highest BCUT2D eigenvalue weighted by atomic mass is 19.1. The van der Waals surface area contributed by atoms with Crippen LogP contribution in [-0.4, -0.2) is 0 Å². The summed E-state index contributed by atoms with van der Waals surface area (Å²) in [5, 5.41) is 3.29. The van der Waals surface area contributed by atoms with E-state index in [1.54, 1.807) is 6.07 Å². The van der Waals surface area contributed by atoms with E-state index in [0.29, 0.717) is 5.69 Å². The first kappa shape index (κ1) is 14.1. The lowest BCUT2D eigenvalue weighted by atomic mass is 9.89. The van der Waals surface area contributed by atoms with Gasteiger partial charge < -0.3 is 5.32 Å². The SMILES string of the molecule is Cc1ccc(NC(C)c2ccc3c(c2)CCCC3)c(F)c1. The quantitative estimate of drug-likeness (QED) is 0.817. The zero-order valence-electron chi connectivity index (χ0n) is 12.7. The predicted molar refractivity (Wildman–Crippen MR) is 86.3 cm³/mol. The first-order chi connectivity index (χ1) is 10.1. The smallest absolute Gasteiger partial charge is 0.146 e. The van der Waals surface area contributed by atoms with Crippen LogP contribution in [0.2, 0.25) is 0 Å². The fourth-order valence-corrected chi connectivity index (χ4v) is 3.08. The van der Waals surface area contributed by atoms with Crippen LogP contribution in [0.25, 0.3) is 0 Å². The molecule has 21 heavy (non-hydrogen) atoms. The number of anilines is 1. The van der Waals surface area contributed by atoms with Gasteiger partial charge in [0.25, 0.3) is 0 Å². The van der Waals surface area contributed by atoms with E-state index in [9.17, 15) is 4.39 Å². The monoisotopic (exact) mass is 283 g/mol. The van der Waals surface area contributed by atoms with Crippen molar-refractivity contribution in [3.05, 3.63) is 64.5 Å². The highest BCUT2D eigenvalue weighted by Gasteiger charge is 2.13. The molecule has 1 nitrogen and oxygen atoms in total. The Morgan fingerprint density at radius 2 is 1.76 bits per heavy atom. The maximum atomic E-state index is 13.9. The molecule has 3 rings (SSSR count). The van der Waals surface area contributed by atoms with Gasteiger partial charge in [0.05, 0.1) is 5.69 Å². The second-order valence-corrected chi connectivity index (χ2v) is 6.08. The molecule has 2 aromatic rings. The maximum absolute atomic E-state index is 13.9. The Bertz CT molecular complexity index is 648. The molecule has 0 aliphatic heterocycles. The van der Waals surface area contributed by atoms with Gasteiger partial charge >= 0.3 is 0 Å². The molecule has 110 valence electrons. The average molecular weight is 283 g/mol. The summed E-state index contributed by atoms with van der Waals surface area (Å²) in [6.45, 7) is 3.99. The highest BCUT2D eigenvalue weighted by Crippen LogP contribution is 2.27. The van der Waals surface area contributed by atoms with E-state index < -0.39 is 0 Å². The van der Waals surface area contributed by atoms with Gasteiger partial charge in [0.2, 0.25) is 0 Å². The van der Waals surface area contributed by atoms with Gasteiger partial charge in [-0.2, -0.15) is 0 Å². The van der Waals surface area contributed by atoms with Gasteiger partial charge in [-0.1, -0.05) is 24.3 Å². The van der Waals surface area contributed by atoms with Gasteiger partial charge in [0.15, 0.2) is 0 Å². The van der Waals surface area contributed by atoms with Crippen LogP contribution in [-0.2, 0) is 12.8 Å². The van der Waals surface area contributed by atoms with Crippen molar-refractivity contribution in [2.75, 3.05) is 5.32 Å². The summed E-state index contributed by atoms with van der Waals surface area (Å²) < 4.78 is 13.9. The molecule has 0 radical (unpaired) electrons. The van der Waals surface area contributed by atoms with Crippen molar-refractivity contribution in [2.45, 2.75) is 45.6 Å². The Labute approximate surface area is 126 Å². The fraction of sp³-hybridized carbons (Fsp3) is 0.368. The number of aryl methyl sites for hydroxylation is 3. The predicted octanol–water partition coefficient (Wildman–Crippen LogP) is 5.19. The Hall–Kier alpha value is -1.83. The van der Waals surface area contributed by atoms with E-state index in [1.807, 2.05) is 19.1 Å². The third kappa shape index (κ3) is 3.10. The van der Waals surface area contributed by atoms with Gasteiger partial charge in [0.1, 0.15) is 5.82 Å². The molecule has 1 atom stereocenters. The summed E-state index contributed by atoms with van der Waals surface area (Å²) >= 11 is 0. The summed E-state index contributed by atoms with van der Waals surface area (Å²) in [6, 6.07) is 12.1. The molecule has 1 aliphatic rings. The number of halogens is 1. The Morgan fingerprint density at radius 1 is 1.00 bits per heavy atom. The number of nitrogens with one attached hydrogen (secondary N) is 1. The van der Waals surface area contributed by atoms with Crippen molar-refractivity contribution in [2.24, 2.45) is 0 Å².